The van der Waals surface area contributed by atoms with E-state index in [2.05, 4.69) is 9.55 Å². The summed E-state index contributed by atoms with van der Waals surface area (Å²) in [5, 5.41) is 2.04. The highest BCUT2D eigenvalue weighted by Crippen LogP contribution is 2.25. The van der Waals surface area contributed by atoms with E-state index in [0.29, 0.717) is 11.4 Å². The molecule has 0 bridgehead atoms. The van der Waals surface area contributed by atoms with Gasteiger partial charge in [-0.1, -0.05) is 24.3 Å². The average Bonchev–Trinajstić information content (AvgIpc) is 3.09. The third-order valence-electron chi connectivity index (χ3n) is 4.04. The molecule has 0 atom stereocenters. The molecule has 0 saturated carbocycles. The van der Waals surface area contributed by atoms with Crippen molar-refractivity contribution in [2.75, 3.05) is 0 Å². The van der Waals surface area contributed by atoms with Crippen molar-refractivity contribution >= 4 is 17.2 Å². The van der Waals surface area contributed by atoms with Gasteiger partial charge in [0.25, 0.3) is 0 Å². The number of halogens is 1. The van der Waals surface area contributed by atoms with Gasteiger partial charge in [0.05, 0.1) is 5.69 Å². The summed E-state index contributed by atoms with van der Waals surface area (Å²) in [6.45, 7) is 1.78. The zero-order chi connectivity index (χ0) is 17.9. The maximum absolute atomic E-state index is 13.7. The van der Waals surface area contributed by atoms with Crippen LogP contribution in [0.4, 0.5) is 10.2 Å². The number of hydrogen-bond donors (Lipinski definition) is 0. The summed E-state index contributed by atoms with van der Waals surface area (Å²) in [6, 6.07) is 20.8. The lowest BCUT2D eigenvalue weighted by Crippen LogP contribution is -2.13. The van der Waals surface area contributed by atoms with Gasteiger partial charge in [-0.2, -0.15) is 0 Å². The summed E-state index contributed by atoms with van der Waals surface area (Å²) in [4.78, 5) is 9.81. The number of aromatic nitrogens is 2. The fraction of sp³-hybridized carbons (Fsp3) is 0.0476. The standard InChI is InChI=1S/C21H16FN3S/c1-15-13-16(10-11-18(15)22)19-14-26-21(24-20-9-5-6-12-23-20)25(19)17-7-3-2-4-8-17/h2-14H,1H3/b24-21-. The first-order chi connectivity index (χ1) is 12.7. The van der Waals surface area contributed by atoms with E-state index in [9.17, 15) is 4.39 Å². The first-order valence-corrected chi connectivity index (χ1v) is 9.08. The molecule has 0 fully saturated rings. The van der Waals surface area contributed by atoms with Crippen LogP contribution < -0.4 is 4.80 Å². The van der Waals surface area contributed by atoms with E-state index in [-0.39, 0.29) is 5.82 Å². The molecule has 0 aliphatic rings. The van der Waals surface area contributed by atoms with Crippen molar-refractivity contribution in [1.82, 2.24) is 9.55 Å². The van der Waals surface area contributed by atoms with Crippen molar-refractivity contribution in [3.05, 3.63) is 94.5 Å². The van der Waals surface area contributed by atoms with Gasteiger partial charge < -0.3 is 0 Å². The van der Waals surface area contributed by atoms with Gasteiger partial charge in [-0.3, -0.25) is 4.57 Å². The van der Waals surface area contributed by atoms with Crippen LogP contribution in [0.2, 0.25) is 0 Å². The Kier molecular flexibility index (Phi) is 4.46. The van der Waals surface area contributed by atoms with Crippen molar-refractivity contribution in [3.8, 4) is 16.9 Å². The summed E-state index contributed by atoms with van der Waals surface area (Å²) in [5.74, 6) is 0.453. The Hall–Kier alpha value is -3.05. The Morgan fingerprint density at radius 2 is 1.81 bits per heavy atom. The summed E-state index contributed by atoms with van der Waals surface area (Å²) in [5.41, 5.74) is 3.54. The van der Waals surface area contributed by atoms with Crippen LogP contribution in [-0.2, 0) is 0 Å². The zero-order valence-corrected chi connectivity index (χ0v) is 14.9. The molecule has 0 amide bonds. The van der Waals surface area contributed by atoms with Crippen LogP contribution in [0, 0.1) is 12.7 Å². The molecule has 3 nitrogen and oxygen atoms in total. The highest BCUT2D eigenvalue weighted by molar-refractivity contribution is 7.07. The number of thiazole rings is 1. The number of benzene rings is 2. The van der Waals surface area contributed by atoms with E-state index in [1.807, 2.05) is 60.0 Å². The van der Waals surface area contributed by atoms with Gasteiger partial charge in [0.2, 0.25) is 0 Å². The number of pyridine rings is 1. The van der Waals surface area contributed by atoms with E-state index in [1.165, 1.54) is 17.4 Å². The van der Waals surface area contributed by atoms with Crippen LogP contribution >= 0.6 is 11.3 Å². The van der Waals surface area contributed by atoms with Gasteiger partial charge in [-0.25, -0.2) is 14.4 Å². The summed E-state index contributed by atoms with van der Waals surface area (Å²) in [6.07, 6.45) is 1.73. The Bertz CT molecular complexity index is 1100. The number of hydrogen-bond acceptors (Lipinski definition) is 3. The highest BCUT2D eigenvalue weighted by Gasteiger charge is 2.11. The largest absolute Gasteiger partial charge is 0.285 e. The fourth-order valence-corrected chi connectivity index (χ4v) is 3.65. The summed E-state index contributed by atoms with van der Waals surface area (Å²) >= 11 is 1.53. The van der Waals surface area contributed by atoms with Gasteiger partial charge >= 0.3 is 0 Å². The van der Waals surface area contributed by atoms with Gasteiger partial charge in [0, 0.05) is 17.3 Å². The van der Waals surface area contributed by atoms with E-state index < -0.39 is 0 Å². The summed E-state index contributed by atoms with van der Waals surface area (Å²) < 4.78 is 15.8. The maximum atomic E-state index is 13.7. The van der Waals surface area contributed by atoms with E-state index in [1.54, 1.807) is 19.2 Å². The molecule has 0 saturated heterocycles. The molecule has 2 aromatic carbocycles. The van der Waals surface area contributed by atoms with Crippen molar-refractivity contribution in [1.29, 1.82) is 0 Å². The quantitative estimate of drug-likeness (QED) is 0.488. The van der Waals surface area contributed by atoms with E-state index in [0.717, 1.165) is 21.7 Å². The highest BCUT2D eigenvalue weighted by atomic mass is 32.1. The molecule has 5 heteroatoms. The Morgan fingerprint density at radius 1 is 1.00 bits per heavy atom. The smallest absolute Gasteiger partial charge is 0.196 e. The SMILES string of the molecule is Cc1cc(-c2cs/c(=N\c3ccccn3)n2-c2ccccc2)ccc1F. The lowest BCUT2D eigenvalue weighted by atomic mass is 10.1. The topological polar surface area (TPSA) is 30.2 Å². The van der Waals surface area contributed by atoms with Crippen molar-refractivity contribution < 1.29 is 4.39 Å². The third-order valence-corrected chi connectivity index (χ3v) is 4.86. The Balaban J connectivity index is 1.96. The Labute approximate surface area is 154 Å². The molecule has 2 heterocycles. The lowest BCUT2D eigenvalue weighted by Gasteiger charge is -2.10. The van der Waals surface area contributed by atoms with Crippen molar-refractivity contribution in [2.45, 2.75) is 6.92 Å². The normalized spacial score (nSPS) is 11.7. The van der Waals surface area contributed by atoms with Crippen molar-refractivity contribution in [3.63, 3.8) is 0 Å². The zero-order valence-electron chi connectivity index (χ0n) is 14.1. The summed E-state index contributed by atoms with van der Waals surface area (Å²) in [7, 11) is 0. The second-order valence-corrected chi connectivity index (χ2v) is 6.67. The number of rotatable bonds is 3. The second kappa shape index (κ2) is 7.06. The maximum Gasteiger partial charge on any atom is 0.196 e. The van der Waals surface area contributed by atoms with E-state index in [4.69, 9.17) is 4.99 Å². The van der Waals surface area contributed by atoms with Crippen molar-refractivity contribution in [2.24, 2.45) is 4.99 Å². The molecule has 0 aliphatic heterocycles. The molecule has 4 aromatic rings. The predicted molar refractivity (Wildman–Crippen MR) is 103 cm³/mol. The van der Waals surface area contributed by atoms with Crippen LogP contribution in [0.25, 0.3) is 16.9 Å². The minimum Gasteiger partial charge on any atom is -0.285 e. The molecule has 0 N–H and O–H groups in total. The minimum absolute atomic E-state index is 0.200. The fourth-order valence-electron chi connectivity index (χ4n) is 2.74. The van der Waals surface area contributed by atoms with Crippen LogP contribution in [0.5, 0.6) is 0 Å². The van der Waals surface area contributed by atoms with Crippen LogP contribution in [-0.4, -0.2) is 9.55 Å². The van der Waals surface area contributed by atoms with Gasteiger partial charge in [0.15, 0.2) is 10.6 Å². The minimum atomic E-state index is -0.200. The third kappa shape index (κ3) is 3.21. The molecule has 26 heavy (non-hydrogen) atoms. The van der Waals surface area contributed by atoms with E-state index >= 15 is 0 Å². The van der Waals surface area contributed by atoms with Crippen LogP contribution in [0.3, 0.4) is 0 Å². The molecule has 0 spiro atoms. The first kappa shape index (κ1) is 16.4. The van der Waals surface area contributed by atoms with Crippen LogP contribution in [0.15, 0.2) is 83.3 Å². The average molecular weight is 361 g/mol. The predicted octanol–water partition coefficient (Wildman–Crippen LogP) is 5.28. The molecule has 0 radical (unpaired) electrons. The molecule has 4 rings (SSSR count). The molecule has 2 aromatic heterocycles. The van der Waals surface area contributed by atoms with Gasteiger partial charge in [-0.15, -0.1) is 11.3 Å². The second-order valence-electron chi connectivity index (χ2n) is 5.84. The number of para-hydroxylation sites is 1. The molecule has 128 valence electrons. The lowest BCUT2D eigenvalue weighted by molar-refractivity contribution is 0.618. The van der Waals surface area contributed by atoms with Gasteiger partial charge in [-0.05, 0) is 60.5 Å². The number of aryl methyl sites for hydroxylation is 1. The molecule has 0 unspecified atom stereocenters. The van der Waals surface area contributed by atoms with Crippen LogP contribution in [0.1, 0.15) is 5.56 Å². The molecule has 0 aliphatic carbocycles. The monoisotopic (exact) mass is 361 g/mol. The first-order valence-electron chi connectivity index (χ1n) is 8.20. The molecular formula is C21H16FN3S. The molecular weight excluding hydrogens is 345 g/mol. The Morgan fingerprint density at radius 3 is 2.54 bits per heavy atom. The number of nitrogens with zero attached hydrogens (tertiary/aromatic N) is 3. The van der Waals surface area contributed by atoms with Gasteiger partial charge in [0.1, 0.15) is 5.82 Å².